The van der Waals surface area contributed by atoms with Gasteiger partial charge in [0.05, 0.1) is 0 Å². The number of halogens is 1. The summed E-state index contributed by atoms with van der Waals surface area (Å²) in [5, 5.41) is 0. The van der Waals surface area contributed by atoms with E-state index < -0.39 is 0 Å². The molecule has 0 nitrogen and oxygen atoms in total. The zero-order valence-corrected chi connectivity index (χ0v) is 14.8. The second-order valence-electron chi connectivity index (χ2n) is 7.20. The minimum absolute atomic E-state index is 0.554. The van der Waals surface area contributed by atoms with Gasteiger partial charge >= 0.3 is 0 Å². The molecule has 1 aromatic rings. The Bertz CT molecular complexity index is 410. The van der Waals surface area contributed by atoms with E-state index >= 15 is 0 Å². The quantitative estimate of drug-likeness (QED) is 0.496. The molecular formula is C20H29Br. The van der Waals surface area contributed by atoms with Gasteiger partial charge in [0.25, 0.3) is 0 Å². The van der Waals surface area contributed by atoms with Crippen molar-refractivity contribution in [2.45, 2.75) is 81.4 Å². The molecule has 1 heteroatoms. The monoisotopic (exact) mass is 348 g/mol. The topological polar surface area (TPSA) is 0 Å². The number of benzene rings is 1. The van der Waals surface area contributed by atoms with Gasteiger partial charge in [0.2, 0.25) is 0 Å². The molecule has 0 aliphatic heterocycles. The van der Waals surface area contributed by atoms with Crippen LogP contribution in [0.2, 0.25) is 0 Å². The van der Waals surface area contributed by atoms with Crippen molar-refractivity contribution in [3.8, 4) is 0 Å². The second kappa shape index (κ2) is 7.81. The molecule has 3 rings (SSSR count). The minimum atomic E-state index is 0.554. The van der Waals surface area contributed by atoms with Gasteiger partial charge in [-0.05, 0) is 48.6 Å². The third kappa shape index (κ3) is 4.34. The summed E-state index contributed by atoms with van der Waals surface area (Å²) in [7, 11) is 0. The van der Waals surface area contributed by atoms with Gasteiger partial charge < -0.3 is 0 Å². The fraction of sp³-hybridized carbons (Fsp3) is 0.700. The van der Waals surface area contributed by atoms with E-state index in [9.17, 15) is 0 Å². The van der Waals surface area contributed by atoms with Gasteiger partial charge in [-0.25, -0.2) is 0 Å². The van der Waals surface area contributed by atoms with Crippen molar-refractivity contribution in [3.05, 3.63) is 35.4 Å². The first-order valence-corrected chi connectivity index (χ1v) is 9.98. The number of hydrogen-bond donors (Lipinski definition) is 0. The number of rotatable bonds is 5. The predicted molar refractivity (Wildman–Crippen MR) is 95.1 cm³/mol. The van der Waals surface area contributed by atoms with Crippen LogP contribution in [0.25, 0.3) is 0 Å². The van der Waals surface area contributed by atoms with Gasteiger partial charge in [-0.1, -0.05) is 85.1 Å². The molecule has 1 atom stereocenters. The van der Waals surface area contributed by atoms with Crippen molar-refractivity contribution in [2.75, 3.05) is 0 Å². The van der Waals surface area contributed by atoms with Crippen molar-refractivity contribution in [1.29, 1.82) is 0 Å². The molecule has 2 aliphatic carbocycles. The Morgan fingerprint density at radius 1 is 0.857 bits per heavy atom. The van der Waals surface area contributed by atoms with Gasteiger partial charge in [-0.15, -0.1) is 0 Å². The summed E-state index contributed by atoms with van der Waals surface area (Å²) in [6.45, 7) is 0. The van der Waals surface area contributed by atoms with E-state index in [0.717, 1.165) is 11.8 Å². The van der Waals surface area contributed by atoms with Gasteiger partial charge in [0, 0.05) is 4.83 Å². The van der Waals surface area contributed by atoms with Crippen molar-refractivity contribution < 1.29 is 0 Å². The molecule has 21 heavy (non-hydrogen) atoms. The van der Waals surface area contributed by atoms with E-state index in [2.05, 4.69) is 40.2 Å². The lowest BCUT2D eigenvalue weighted by atomic mass is 9.84. The molecule has 0 spiro atoms. The predicted octanol–water partition coefficient (Wildman–Crippen LogP) is 7.14. The molecule has 0 amide bonds. The van der Waals surface area contributed by atoms with Crippen LogP contribution in [0.5, 0.6) is 0 Å². The molecule has 1 aromatic carbocycles. The lowest BCUT2D eigenvalue weighted by Crippen LogP contribution is -2.04. The maximum absolute atomic E-state index is 3.91. The highest BCUT2D eigenvalue weighted by molar-refractivity contribution is 9.09. The second-order valence-corrected chi connectivity index (χ2v) is 8.30. The summed E-state index contributed by atoms with van der Waals surface area (Å²) < 4.78 is 0. The summed E-state index contributed by atoms with van der Waals surface area (Å²) in [4.78, 5) is 0.554. The van der Waals surface area contributed by atoms with Crippen LogP contribution in [0, 0.1) is 5.92 Å². The van der Waals surface area contributed by atoms with E-state index in [1.807, 2.05) is 0 Å². The summed E-state index contributed by atoms with van der Waals surface area (Å²) in [6, 6.07) is 9.54. The third-order valence-corrected chi connectivity index (χ3v) is 6.66. The molecule has 0 radical (unpaired) electrons. The van der Waals surface area contributed by atoms with Gasteiger partial charge in [0.15, 0.2) is 0 Å². The largest absolute Gasteiger partial charge is 0.0839 e. The number of alkyl halides is 1. The average molecular weight is 349 g/mol. The highest BCUT2D eigenvalue weighted by Crippen LogP contribution is 2.36. The fourth-order valence-electron chi connectivity index (χ4n) is 4.26. The zero-order chi connectivity index (χ0) is 14.5. The van der Waals surface area contributed by atoms with Gasteiger partial charge in [0.1, 0.15) is 0 Å². The van der Waals surface area contributed by atoms with E-state index in [1.54, 1.807) is 5.56 Å². The van der Waals surface area contributed by atoms with Crippen LogP contribution in [-0.4, -0.2) is 0 Å². The Morgan fingerprint density at radius 3 is 2.14 bits per heavy atom. The zero-order valence-electron chi connectivity index (χ0n) is 13.2. The average Bonchev–Trinajstić information content (AvgIpc) is 3.07. The Balaban J connectivity index is 1.52. The van der Waals surface area contributed by atoms with E-state index in [0.29, 0.717) is 4.83 Å². The van der Waals surface area contributed by atoms with Crippen molar-refractivity contribution in [2.24, 2.45) is 5.92 Å². The Hall–Kier alpha value is -0.300. The van der Waals surface area contributed by atoms with E-state index in [1.165, 1.54) is 76.2 Å². The highest BCUT2D eigenvalue weighted by atomic mass is 79.9. The lowest BCUT2D eigenvalue weighted by molar-refractivity contribution is 0.443. The molecule has 2 saturated carbocycles. The minimum Gasteiger partial charge on any atom is -0.0839 e. The first kappa shape index (κ1) is 15.6. The summed E-state index contributed by atoms with van der Waals surface area (Å²) >= 11 is 3.91. The van der Waals surface area contributed by atoms with Crippen LogP contribution < -0.4 is 0 Å². The Morgan fingerprint density at radius 2 is 1.48 bits per heavy atom. The standard InChI is InChI=1S/C20H29Br/c21-20(15-10-16-6-4-5-7-16)19-13-11-18(12-14-19)17-8-2-1-3-9-17/h11-14,16-17,20H,1-10,15H2. The highest BCUT2D eigenvalue weighted by Gasteiger charge is 2.18. The van der Waals surface area contributed by atoms with Crippen LogP contribution in [0.3, 0.4) is 0 Å². The number of hydrogen-bond acceptors (Lipinski definition) is 0. The molecule has 2 aliphatic rings. The molecule has 0 N–H and O–H groups in total. The van der Waals surface area contributed by atoms with Crippen molar-refractivity contribution in [3.63, 3.8) is 0 Å². The van der Waals surface area contributed by atoms with Crippen LogP contribution >= 0.6 is 15.9 Å². The molecule has 1 unspecified atom stereocenters. The molecule has 0 heterocycles. The molecule has 2 fully saturated rings. The molecule has 116 valence electrons. The first-order valence-electron chi connectivity index (χ1n) is 9.07. The van der Waals surface area contributed by atoms with E-state index in [4.69, 9.17) is 0 Å². The Kier molecular flexibility index (Phi) is 5.80. The SMILES string of the molecule is BrC(CCC1CCCC1)c1ccc(C2CCCCC2)cc1. The Labute approximate surface area is 138 Å². The normalized spacial score (nSPS) is 22.5. The maximum atomic E-state index is 3.91. The molecule has 0 aromatic heterocycles. The smallest absolute Gasteiger partial charge is 0.0395 e. The summed E-state index contributed by atoms with van der Waals surface area (Å²) in [5.74, 6) is 1.84. The van der Waals surface area contributed by atoms with Gasteiger partial charge in [-0.3, -0.25) is 0 Å². The van der Waals surface area contributed by atoms with Crippen LogP contribution in [0.4, 0.5) is 0 Å². The van der Waals surface area contributed by atoms with Crippen molar-refractivity contribution >= 4 is 15.9 Å². The third-order valence-electron chi connectivity index (χ3n) is 5.68. The van der Waals surface area contributed by atoms with E-state index in [-0.39, 0.29) is 0 Å². The molecule has 0 bridgehead atoms. The maximum Gasteiger partial charge on any atom is 0.0395 e. The lowest BCUT2D eigenvalue weighted by Gasteiger charge is -2.22. The first-order chi connectivity index (χ1) is 10.3. The molecular weight excluding hydrogens is 320 g/mol. The summed E-state index contributed by atoms with van der Waals surface area (Å²) in [6.07, 6.45) is 15.7. The fourth-order valence-corrected chi connectivity index (χ4v) is 4.83. The van der Waals surface area contributed by atoms with Crippen LogP contribution in [-0.2, 0) is 0 Å². The van der Waals surface area contributed by atoms with Crippen LogP contribution in [0.15, 0.2) is 24.3 Å². The van der Waals surface area contributed by atoms with Gasteiger partial charge in [-0.2, -0.15) is 0 Å². The summed E-state index contributed by atoms with van der Waals surface area (Å²) in [5.41, 5.74) is 3.06. The van der Waals surface area contributed by atoms with Crippen molar-refractivity contribution in [1.82, 2.24) is 0 Å². The van der Waals surface area contributed by atoms with Crippen LogP contribution in [0.1, 0.15) is 92.5 Å². The molecule has 0 saturated heterocycles.